The fourth-order valence-corrected chi connectivity index (χ4v) is 2.34. The summed E-state index contributed by atoms with van der Waals surface area (Å²) in [6.07, 6.45) is -0.690. The van der Waals surface area contributed by atoms with Crippen LogP contribution in [0.15, 0.2) is 42.5 Å². The fourth-order valence-electron chi connectivity index (χ4n) is 2.34. The van der Waals surface area contributed by atoms with E-state index in [4.69, 9.17) is 5.73 Å². The first-order valence-electron chi connectivity index (χ1n) is 6.73. The molecule has 2 nitrogen and oxygen atoms in total. The fraction of sp³-hybridized carbons (Fsp3) is 0.294. The summed E-state index contributed by atoms with van der Waals surface area (Å²) in [5.74, 6) is -0.525. The predicted octanol–water partition coefficient (Wildman–Crippen LogP) is 3.22. The molecule has 0 aliphatic heterocycles. The van der Waals surface area contributed by atoms with Crippen molar-refractivity contribution in [3.05, 3.63) is 70.5 Å². The molecule has 0 aromatic heterocycles. The lowest BCUT2D eigenvalue weighted by Crippen LogP contribution is -2.20. The predicted molar refractivity (Wildman–Crippen MR) is 79.1 cm³/mol. The number of rotatable bonds is 4. The number of hydrogen-bond donors (Lipinski definition) is 2. The number of hydrogen-bond acceptors (Lipinski definition) is 2. The highest BCUT2D eigenvalue weighted by Crippen LogP contribution is 2.31. The van der Waals surface area contributed by atoms with Gasteiger partial charge in [-0.05, 0) is 48.2 Å². The van der Waals surface area contributed by atoms with Gasteiger partial charge in [-0.15, -0.1) is 0 Å². The van der Waals surface area contributed by atoms with Crippen LogP contribution >= 0.6 is 0 Å². The number of aryl methyl sites for hydroxylation is 2. The van der Waals surface area contributed by atoms with Gasteiger partial charge in [0.05, 0.1) is 6.10 Å². The standard InChI is InChI=1S/C17H20FNO/c1-11-3-4-14(9-12(11)2)17(20)16(10-19)13-5-7-15(18)8-6-13/h3-9,16-17,20H,10,19H2,1-2H3. The highest BCUT2D eigenvalue weighted by Gasteiger charge is 2.21. The maximum Gasteiger partial charge on any atom is 0.123 e. The highest BCUT2D eigenvalue weighted by molar-refractivity contribution is 5.33. The molecule has 2 aromatic carbocycles. The van der Waals surface area contributed by atoms with Gasteiger partial charge in [-0.1, -0.05) is 30.3 Å². The summed E-state index contributed by atoms with van der Waals surface area (Å²) in [5, 5.41) is 10.5. The zero-order valence-electron chi connectivity index (χ0n) is 11.8. The van der Waals surface area contributed by atoms with Gasteiger partial charge in [0.2, 0.25) is 0 Å². The van der Waals surface area contributed by atoms with Crippen LogP contribution in [0, 0.1) is 19.7 Å². The molecule has 0 amide bonds. The molecule has 0 spiro atoms. The average molecular weight is 273 g/mol. The maximum absolute atomic E-state index is 13.0. The van der Waals surface area contributed by atoms with Gasteiger partial charge < -0.3 is 10.8 Å². The van der Waals surface area contributed by atoms with E-state index in [1.807, 2.05) is 32.0 Å². The monoisotopic (exact) mass is 273 g/mol. The molecule has 3 heteroatoms. The second kappa shape index (κ2) is 6.16. The first kappa shape index (κ1) is 14.7. The topological polar surface area (TPSA) is 46.2 Å². The third-order valence-corrected chi connectivity index (χ3v) is 3.81. The first-order chi connectivity index (χ1) is 9.52. The lowest BCUT2D eigenvalue weighted by atomic mass is 9.88. The minimum absolute atomic E-state index is 0.238. The van der Waals surface area contributed by atoms with E-state index in [1.54, 1.807) is 12.1 Å². The van der Waals surface area contributed by atoms with Crippen molar-refractivity contribution in [1.82, 2.24) is 0 Å². The Morgan fingerprint density at radius 2 is 1.60 bits per heavy atom. The summed E-state index contributed by atoms with van der Waals surface area (Å²) in [6.45, 7) is 4.35. The van der Waals surface area contributed by atoms with Gasteiger partial charge in [0, 0.05) is 12.5 Å². The van der Waals surface area contributed by atoms with Crippen LogP contribution in [0.2, 0.25) is 0 Å². The molecule has 3 N–H and O–H groups in total. The molecule has 106 valence electrons. The SMILES string of the molecule is Cc1ccc(C(O)C(CN)c2ccc(F)cc2)cc1C. The minimum Gasteiger partial charge on any atom is -0.388 e. The summed E-state index contributed by atoms with van der Waals surface area (Å²) in [5.41, 5.74) is 9.81. The molecule has 2 aromatic rings. The Morgan fingerprint density at radius 3 is 2.15 bits per heavy atom. The molecular formula is C17H20FNO. The smallest absolute Gasteiger partial charge is 0.123 e. The van der Waals surface area contributed by atoms with Crippen LogP contribution in [0.1, 0.15) is 34.3 Å². The van der Waals surface area contributed by atoms with E-state index in [0.29, 0.717) is 6.54 Å². The summed E-state index contributed by atoms with van der Waals surface area (Å²) < 4.78 is 13.0. The molecule has 0 radical (unpaired) electrons. The van der Waals surface area contributed by atoms with Gasteiger partial charge in [0.15, 0.2) is 0 Å². The molecule has 2 atom stereocenters. The Labute approximate surface area is 119 Å². The number of aliphatic hydroxyl groups excluding tert-OH is 1. The summed E-state index contributed by atoms with van der Waals surface area (Å²) in [4.78, 5) is 0. The van der Waals surface area contributed by atoms with E-state index in [-0.39, 0.29) is 11.7 Å². The van der Waals surface area contributed by atoms with Crippen molar-refractivity contribution in [2.45, 2.75) is 25.9 Å². The quantitative estimate of drug-likeness (QED) is 0.898. The molecule has 0 aliphatic carbocycles. The normalized spacial score (nSPS) is 14.1. The molecule has 0 saturated heterocycles. The van der Waals surface area contributed by atoms with Crippen LogP contribution in [-0.4, -0.2) is 11.7 Å². The Kier molecular flexibility index (Phi) is 4.53. The molecule has 0 heterocycles. The van der Waals surface area contributed by atoms with Crippen molar-refractivity contribution in [3.63, 3.8) is 0 Å². The van der Waals surface area contributed by atoms with Crippen LogP contribution in [0.4, 0.5) is 4.39 Å². The van der Waals surface area contributed by atoms with Crippen LogP contribution < -0.4 is 5.73 Å². The van der Waals surface area contributed by atoms with Crippen LogP contribution in [-0.2, 0) is 0 Å². The largest absolute Gasteiger partial charge is 0.388 e. The second-order valence-electron chi connectivity index (χ2n) is 5.18. The summed E-state index contributed by atoms with van der Waals surface area (Å²) in [7, 11) is 0. The Bertz CT molecular complexity index is 580. The highest BCUT2D eigenvalue weighted by atomic mass is 19.1. The van der Waals surface area contributed by atoms with Crippen molar-refractivity contribution in [2.75, 3.05) is 6.54 Å². The van der Waals surface area contributed by atoms with Gasteiger partial charge in [-0.2, -0.15) is 0 Å². The third-order valence-electron chi connectivity index (χ3n) is 3.81. The van der Waals surface area contributed by atoms with Crippen molar-refractivity contribution in [3.8, 4) is 0 Å². The van der Waals surface area contributed by atoms with Crippen LogP contribution in [0.3, 0.4) is 0 Å². The Balaban J connectivity index is 2.30. The molecule has 0 bridgehead atoms. The first-order valence-corrected chi connectivity index (χ1v) is 6.73. The van der Waals surface area contributed by atoms with E-state index in [1.165, 1.54) is 17.7 Å². The molecule has 0 aliphatic rings. The second-order valence-corrected chi connectivity index (χ2v) is 5.18. The number of halogens is 1. The van der Waals surface area contributed by atoms with E-state index < -0.39 is 6.10 Å². The number of nitrogens with two attached hydrogens (primary N) is 1. The van der Waals surface area contributed by atoms with Crippen LogP contribution in [0.25, 0.3) is 0 Å². The zero-order chi connectivity index (χ0) is 14.7. The molecular weight excluding hydrogens is 253 g/mol. The maximum atomic E-state index is 13.0. The molecule has 2 unspecified atom stereocenters. The van der Waals surface area contributed by atoms with Gasteiger partial charge in [-0.25, -0.2) is 4.39 Å². The molecule has 20 heavy (non-hydrogen) atoms. The van der Waals surface area contributed by atoms with Gasteiger partial charge >= 0.3 is 0 Å². The van der Waals surface area contributed by atoms with E-state index >= 15 is 0 Å². The average Bonchev–Trinajstić information content (AvgIpc) is 2.44. The van der Waals surface area contributed by atoms with Gasteiger partial charge in [-0.3, -0.25) is 0 Å². The van der Waals surface area contributed by atoms with Crippen molar-refractivity contribution < 1.29 is 9.50 Å². The Hall–Kier alpha value is -1.71. The van der Waals surface area contributed by atoms with E-state index in [0.717, 1.165) is 16.7 Å². The van der Waals surface area contributed by atoms with Gasteiger partial charge in [0.1, 0.15) is 5.82 Å². The summed E-state index contributed by atoms with van der Waals surface area (Å²) in [6, 6.07) is 12.0. The van der Waals surface area contributed by atoms with Gasteiger partial charge in [0.25, 0.3) is 0 Å². The molecule has 0 saturated carbocycles. The third kappa shape index (κ3) is 3.06. The van der Waals surface area contributed by atoms with Crippen LogP contribution in [0.5, 0.6) is 0 Å². The van der Waals surface area contributed by atoms with E-state index in [2.05, 4.69) is 0 Å². The minimum atomic E-state index is -0.690. The Morgan fingerprint density at radius 1 is 1.00 bits per heavy atom. The molecule has 2 rings (SSSR count). The van der Waals surface area contributed by atoms with Crippen molar-refractivity contribution in [1.29, 1.82) is 0 Å². The number of benzene rings is 2. The lowest BCUT2D eigenvalue weighted by molar-refractivity contribution is 0.147. The summed E-state index contributed by atoms with van der Waals surface area (Å²) >= 11 is 0. The van der Waals surface area contributed by atoms with Crippen molar-refractivity contribution >= 4 is 0 Å². The van der Waals surface area contributed by atoms with Crippen molar-refractivity contribution in [2.24, 2.45) is 5.73 Å². The lowest BCUT2D eigenvalue weighted by Gasteiger charge is -2.23. The zero-order valence-corrected chi connectivity index (χ0v) is 11.8. The molecule has 0 fully saturated rings. The number of aliphatic hydroxyl groups is 1. The van der Waals surface area contributed by atoms with E-state index in [9.17, 15) is 9.50 Å².